The zero-order valence-electron chi connectivity index (χ0n) is 20.5. The monoisotopic (exact) mass is 497 g/mol. The lowest BCUT2D eigenvalue weighted by Gasteiger charge is -2.45. The minimum absolute atomic E-state index is 0.0455. The Morgan fingerprint density at radius 2 is 2.00 bits per heavy atom. The number of fused-ring (bicyclic) bond motifs is 1. The predicted octanol–water partition coefficient (Wildman–Crippen LogP) is 6.70. The zero-order chi connectivity index (χ0) is 24.5. The number of para-hydroxylation sites is 1. The third kappa shape index (κ3) is 5.04. The molecule has 5 nitrogen and oxygen atoms in total. The van der Waals surface area contributed by atoms with Gasteiger partial charge in [-0.15, -0.1) is 0 Å². The molecule has 1 atom stereocenters. The Morgan fingerprint density at radius 1 is 1.26 bits per heavy atom. The highest BCUT2D eigenvalue weighted by atomic mass is 35.5. The maximum absolute atomic E-state index is 13.4. The number of ether oxygens (including phenoxy) is 1. The first kappa shape index (κ1) is 24.8. The number of rotatable bonds is 6. The fourth-order valence-corrected chi connectivity index (χ4v) is 5.85. The Kier molecular flexibility index (Phi) is 7.41. The summed E-state index contributed by atoms with van der Waals surface area (Å²) in [7, 11) is 3.79. The molecule has 0 aliphatic carbocycles. The van der Waals surface area contributed by atoms with Crippen LogP contribution >= 0.6 is 23.4 Å². The summed E-state index contributed by atoms with van der Waals surface area (Å²) in [5, 5.41) is 1.33. The van der Waals surface area contributed by atoms with Gasteiger partial charge in [0.05, 0.1) is 10.6 Å². The molecule has 2 aliphatic heterocycles. The lowest BCUT2D eigenvalue weighted by atomic mass is 9.80. The molecule has 34 heavy (non-hydrogen) atoms. The van der Waals surface area contributed by atoms with Gasteiger partial charge in [-0.25, -0.2) is 4.99 Å². The average Bonchev–Trinajstić information content (AvgIpc) is 3.08. The average molecular weight is 498 g/mol. The van der Waals surface area contributed by atoms with Gasteiger partial charge in [0.1, 0.15) is 0 Å². The molecule has 2 aromatic carbocycles. The van der Waals surface area contributed by atoms with Gasteiger partial charge >= 0.3 is 0 Å². The van der Waals surface area contributed by atoms with Crippen molar-refractivity contribution in [3.8, 4) is 0 Å². The van der Waals surface area contributed by atoms with E-state index < -0.39 is 0 Å². The van der Waals surface area contributed by atoms with Crippen molar-refractivity contribution in [1.82, 2.24) is 4.90 Å². The third-order valence-electron chi connectivity index (χ3n) is 6.64. The summed E-state index contributed by atoms with van der Waals surface area (Å²) in [6.07, 6.45) is 3.71. The number of nitrogens with zero attached hydrogens (tertiary/aromatic N) is 3. The highest BCUT2D eigenvalue weighted by Gasteiger charge is 2.36. The van der Waals surface area contributed by atoms with Crippen molar-refractivity contribution in [2.75, 3.05) is 32.2 Å². The Balaban J connectivity index is 1.69. The molecule has 1 saturated heterocycles. The molecule has 0 unspecified atom stereocenters. The van der Waals surface area contributed by atoms with Crippen LogP contribution in [0.2, 0.25) is 5.02 Å². The van der Waals surface area contributed by atoms with E-state index in [1.54, 1.807) is 12.0 Å². The molecule has 2 aliphatic rings. The number of halogens is 1. The summed E-state index contributed by atoms with van der Waals surface area (Å²) in [6, 6.07) is 13.9. The fraction of sp³-hybridized carbons (Fsp3) is 0.407. The fourth-order valence-electron chi connectivity index (χ4n) is 4.62. The van der Waals surface area contributed by atoms with Crippen LogP contribution in [0.5, 0.6) is 0 Å². The summed E-state index contributed by atoms with van der Waals surface area (Å²) in [5.41, 5.74) is 4.19. The Labute approximate surface area is 211 Å². The van der Waals surface area contributed by atoms with E-state index in [4.69, 9.17) is 21.3 Å². The van der Waals surface area contributed by atoms with E-state index in [-0.39, 0.29) is 11.4 Å². The van der Waals surface area contributed by atoms with Gasteiger partial charge in [-0.2, -0.15) is 0 Å². The largest absolute Gasteiger partial charge is 0.385 e. The van der Waals surface area contributed by atoms with Crippen LogP contribution in [0.4, 0.5) is 11.4 Å². The number of amidine groups is 1. The SMILES string of the molecule is COCCCN1C(=O)/C(=C/c2cc3c(cc2Cl)N(C)C(C)(C)C[C@@H]3C)SC1=Nc1ccccc1. The van der Waals surface area contributed by atoms with Gasteiger partial charge < -0.3 is 9.64 Å². The number of hydrogen-bond acceptors (Lipinski definition) is 5. The first-order chi connectivity index (χ1) is 16.2. The normalized spacial score (nSPS) is 22.1. The molecule has 0 N–H and O–H groups in total. The summed E-state index contributed by atoms with van der Waals surface area (Å²) in [6.45, 7) is 7.92. The van der Waals surface area contributed by atoms with E-state index in [1.165, 1.54) is 17.3 Å². The second-order valence-electron chi connectivity index (χ2n) is 9.55. The maximum Gasteiger partial charge on any atom is 0.266 e. The molecule has 0 aromatic heterocycles. The summed E-state index contributed by atoms with van der Waals surface area (Å²) < 4.78 is 5.19. The Morgan fingerprint density at radius 3 is 2.71 bits per heavy atom. The van der Waals surface area contributed by atoms with Crippen LogP contribution in [-0.2, 0) is 9.53 Å². The van der Waals surface area contributed by atoms with E-state index in [9.17, 15) is 4.79 Å². The predicted molar refractivity (Wildman–Crippen MR) is 144 cm³/mol. The summed E-state index contributed by atoms with van der Waals surface area (Å²) >= 11 is 8.15. The lowest BCUT2D eigenvalue weighted by molar-refractivity contribution is -0.122. The number of thioether (sulfide) groups is 1. The van der Waals surface area contributed by atoms with E-state index >= 15 is 0 Å². The van der Waals surface area contributed by atoms with Gasteiger partial charge in [0.15, 0.2) is 5.17 Å². The molecule has 4 rings (SSSR count). The highest BCUT2D eigenvalue weighted by Crippen LogP contribution is 2.45. The van der Waals surface area contributed by atoms with Gasteiger partial charge in [0.25, 0.3) is 5.91 Å². The topological polar surface area (TPSA) is 45.1 Å². The number of anilines is 1. The van der Waals surface area contributed by atoms with Gasteiger partial charge in [-0.05, 0) is 85.8 Å². The van der Waals surface area contributed by atoms with Crippen LogP contribution in [0, 0.1) is 0 Å². The van der Waals surface area contributed by atoms with Crippen molar-refractivity contribution in [3.05, 3.63) is 63.5 Å². The first-order valence-electron chi connectivity index (χ1n) is 11.6. The van der Waals surface area contributed by atoms with Gasteiger partial charge in [-0.1, -0.05) is 36.7 Å². The van der Waals surface area contributed by atoms with Crippen LogP contribution in [0.25, 0.3) is 6.08 Å². The Bertz CT molecular complexity index is 1130. The van der Waals surface area contributed by atoms with Crippen molar-refractivity contribution in [2.45, 2.75) is 45.1 Å². The number of amides is 1. The van der Waals surface area contributed by atoms with Crippen LogP contribution in [-0.4, -0.2) is 48.8 Å². The standard InChI is InChI=1S/C27H32ClN3O2S/c1-18-17-27(2,3)30(4)23-16-22(28)19(14-21(18)23)15-24-25(32)31(12-9-13-33-5)26(34-24)29-20-10-7-6-8-11-20/h6-8,10-11,14-16,18H,9,12-13,17H2,1-5H3/b24-15-,29-26?/t18-/m0/s1. The number of benzene rings is 2. The van der Waals surface area contributed by atoms with E-state index in [0.717, 1.165) is 29.8 Å². The molecule has 0 radical (unpaired) electrons. The quantitative estimate of drug-likeness (QED) is 0.329. The van der Waals surface area contributed by atoms with Crippen LogP contribution < -0.4 is 4.90 Å². The minimum Gasteiger partial charge on any atom is -0.385 e. The van der Waals surface area contributed by atoms with Gasteiger partial charge in [-0.3, -0.25) is 9.69 Å². The summed E-state index contributed by atoms with van der Waals surface area (Å²) in [5.74, 6) is 0.360. The second kappa shape index (κ2) is 10.1. The third-order valence-corrected chi connectivity index (χ3v) is 7.97. The molecule has 1 amide bonds. The van der Waals surface area contributed by atoms with Crippen molar-refractivity contribution < 1.29 is 9.53 Å². The Hall–Kier alpha value is -2.28. The molecule has 0 bridgehead atoms. The molecule has 180 valence electrons. The lowest BCUT2D eigenvalue weighted by Crippen LogP contribution is -2.45. The van der Waals surface area contributed by atoms with Gasteiger partial charge in [0, 0.05) is 43.6 Å². The molecule has 0 spiro atoms. The van der Waals surface area contributed by atoms with Crippen molar-refractivity contribution in [2.24, 2.45) is 4.99 Å². The van der Waals surface area contributed by atoms with Gasteiger partial charge in [0.2, 0.25) is 0 Å². The molecule has 0 saturated carbocycles. The smallest absolute Gasteiger partial charge is 0.266 e. The zero-order valence-corrected chi connectivity index (χ0v) is 22.0. The molecular weight excluding hydrogens is 466 g/mol. The van der Waals surface area contributed by atoms with E-state index in [1.807, 2.05) is 42.5 Å². The number of carbonyl (C=O) groups is 1. The minimum atomic E-state index is -0.0455. The molecule has 2 heterocycles. The number of hydrogen-bond donors (Lipinski definition) is 0. The van der Waals surface area contributed by atoms with Crippen molar-refractivity contribution >= 4 is 51.9 Å². The molecule has 7 heteroatoms. The van der Waals surface area contributed by atoms with Crippen LogP contribution in [0.15, 0.2) is 52.4 Å². The van der Waals surface area contributed by atoms with E-state index in [0.29, 0.717) is 34.2 Å². The number of methoxy groups -OCH3 is 1. The van der Waals surface area contributed by atoms with E-state index in [2.05, 4.69) is 38.8 Å². The van der Waals surface area contributed by atoms with Crippen LogP contribution in [0.3, 0.4) is 0 Å². The van der Waals surface area contributed by atoms with Crippen LogP contribution in [0.1, 0.15) is 50.7 Å². The second-order valence-corrected chi connectivity index (χ2v) is 11.0. The van der Waals surface area contributed by atoms with Crippen molar-refractivity contribution in [3.63, 3.8) is 0 Å². The molecule has 2 aromatic rings. The maximum atomic E-state index is 13.4. The summed E-state index contributed by atoms with van der Waals surface area (Å²) in [4.78, 5) is 22.8. The molecular formula is C27H32ClN3O2S. The molecule has 1 fully saturated rings. The number of aliphatic imine (C=N–C) groups is 1. The number of carbonyl (C=O) groups excluding carboxylic acids is 1. The van der Waals surface area contributed by atoms with Crippen molar-refractivity contribution in [1.29, 1.82) is 0 Å². The highest BCUT2D eigenvalue weighted by molar-refractivity contribution is 8.18. The first-order valence-corrected chi connectivity index (χ1v) is 12.8.